The fourth-order valence-electron chi connectivity index (χ4n) is 2.38. The van der Waals surface area contributed by atoms with Crippen LogP contribution in [-0.2, 0) is 7.05 Å². The molecule has 120 valence electrons. The number of hydrogen-bond donors (Lipinski definition) is 2. The second-order valence-corrected chi connectivity index (χ2v) is 5.27. The molecule has 4 heterocycles. The van der Waals surface area contributed by atoms with Crippen molar-refractivity contribution in [3.05, 3.63) is 36.5 Å². The molecule has 0 spiro atoms. The number of tetrazole rings is 1. The lowest BCUT2D eigenvalue weighted by Gasteiger charge is -2.12. The van der Waals surface area contributed by atoms with Gasteiger partial charge < -0.3 is 5.32 Å². The first-order valence-corrected chi connectivity index (χ1v) is 7.32. The van der Waals surface area contributed by atoms with Gasteiger partial charge in [-0.2, -0.15) is 10.3 Å². The number of anilines is 1. The zero-order valence-electron chi connectivity index (χ0n) is 13.0. The number of nitrogens with zero attached hydrogens (tertiary/aromatic N) is 8. The molecule has 10 nitrogen and oxygen atoms in total. The van der Waals surface area contributed by atoms with Crippen LogP contribution in [0.5, 0.6) is 0 Å². The molecule has 0 aromatic carbocycles. The van der Waals surface area contributed by atoms with E-state index in [-0.39, 0.29) is 6.04 Å². The van der Waals surface area contributed by atoms with E-state index < -0.39 is 0 Å². The van der Waals surface area contributed by atoms with Crippen LogP contribution in [0, 0.1) is 0 Å². The quantitative estimate of drug-likeness (QED) is 0.573. The zero-order chi connectivity index (χ0) is 16.5. The van der Waals surface area contributed by atoms with Gasteiger partial charge in [-0.3, -0.25) is 9.67 Å². The first kappa shape index (κ1) is 14.2. The number of rotatable bonds is 4. The fraction of sp³-hybridized carbons (Fsp3) is 0.214. The monoisotopic (exact) mass is 322 g/mol. The molecule has 0 aliphatic carbocycles. The van der Waals surface area contributed by atoms with E-state index in [1.165, 1.54) is 0 Å². The standard InChI is InChI=1S/C14H14N10/c1-8(11-20-22-23-21-11)17-13-10-7-16-24(2)14(10)19-12(18-13)9-3-5-15-6-4-9/h3-8H,1-2H3,(H,17,18,19)(H,20,21,22,23)/t8-/m1/s1. The molecule has 4 aromatic heterocycles. The topological polar surface area (TPSA) is 123 Å². The third-order valence-electron chi connectivity index (χ3n) is 3.63. The molecule has 10 heteroatoms. The van der Waals surface area contributed by atoms with Crippen molar-refractivity contribution < 1.29 is 0 Å². The van der Waals surface area contributed by atoms with Crippen LogP contribution >= 0.6 is 0 Å². The molecule has 0 aliphatic rings. The van der Waals surface area contributed by atoms with Crippen molar-refractivity contribution in [2.75, 3.05) is 5.32 Å². The molecule has 2 N–H and O–H groups in total. The lowest BCUT2D eigenvalue weighted by molar-refractivity contribution is 0.783. The smallest absolute Gasteiger partial charge is 0.196 e. The zero-order valence-corrected chi connectivity index (χ0v) is 13.0. The molecule has 0 saturated carbocycles. The van der Waals surface area contributed by atoms with E-state index in [0.717, 1.165) is 16.6 Å². The Morgan fingerprint density at radius 3 is 2.79 bits per heavy atom. The molecule has 0 bridgehead atoms. The van der Waals surface area contributed by atoms with E-state index >= 15 is 0 Å². The number of aromatic nitrogens is 9. The summed E-state index contributed by atoms with van der Waals surface area (Å²) in [5.41, 5.74) is 1.61. The second kappa shape index (κ2) is 5.65. The molecule has 1 atom stereocenters. The van der Waals surface area contributed by atoms with Crippen LogP contribution in [0.15, 0.2) is 30.7 Å². The summed E-state index contributed by atoms with van der Waals surface area (Å²) in [6.07, 6.45) is 5.15. The summed E-state index contributed by atoms with van der Waals surface area (Å²) < 4.78 is 1.71. The number of aryl methyl sites for hydroxylation is 1. The van der Waals surface area contributed by atoms with Gasteiger partial charge in [0, 0.05) is 25.0 Å². The summed E-state index contributed by atoms with van der Waals surface area (Å²) in [5, 5.41) is 22.4. The second-order valence-electron chi connectivity index (χ2n) is 5.27. The van der Waals surface area contributed by atoms with Gasteiger partial charge in [0.05, 0.1) is 17.6 Å². The molecular formula is C14H14N10. The summed E-state index contributed by atoms with van der Waals surface area (Å²) in [6, 6.07) is 3.56. The van der Waals surface area contributed by atoms with Crippen LogP contribution in [0.3, 0.4) is 0 Å². The maximum atomic E-state index is 4.64. The minimum absolute atomic E-state index is 0.174. The Labute approximate surface area is 136 Å². The molecule has 0 saturated heterocycles. The summed E-state index contributed by atoms with van der Waals surface area (Å²) >= 11 is 0. The van der Waals surface area contributed by atoms with E-state index in [2.05, 4.69) is 46.0 Å². The molecule has 0 radical (unpaired) electrons. The maximum absolute atomic E-state index is 4.64. The Morgan fingerprint density at radius 2 is 2.04 bits per heavy atom. The molecule has 0 aliphatic heterocycles. The van der Waals surface area contributed by atoms with Crippen LogP contribution in [0.4, 0.5) is 5.82 Å². The minimum atomic E-state index is -0.174. The number of hydrogen-bond acceptors (Lipinski definition) is 8. The molecule has 0 fully saturated rings. The lowest BCUT2D eigenvalue weighted by atomic mass is 10.2. The average molecular weight is 322 g/mol. The summed E-state index contributed by atoms with van der Waals surface area (Å²) in [7, 11) is 1.85. The number of aromatic amines is 1. The molecule has 4 aromatic rings. The van der Waals surface area contributed by atoms with Gasteiger partial charge in [-0.15, -0.1) is 10.2 Å². The van der Waals surface area contributed by atoms with Gasteiger partial charge in [0.15, 0.2) is 17.3 Å². The molecule has 4 rings (SSSR count). The summed E-state index contributed by atoms with van der Waals surface area (Å²) in [6.45, 7) is 1.93. The fourth-order valence-corrected chi connectivity index (χ4v) is 2.38. The van der Waals surface area contributed by atoms with Crippen molar-refractivity contribution in [1.82, 2.24) is 45.4 Å². The van der Waals surface area contributed by atoms with Gasteiger partial charge in [-0.1, -0.05) is 5.21 Å². The Balaban J connectivity index is 1.81. The van der Waals surface area contributed by atoms with Crippen molar-refractivity contribution in [2.24, 2.45) is 7.05 Å². The Kier molecular flexibility index (Phi) is 3.34. The van der Waals surface area contributed by atoms with Gasteiger partial charge in [0.2, 0.25) is 0 Å². The molecular weight excluding hydrogens is 308 g/mol. The maximum Gasteiger partial charge on any atom is 0.196 e. The summed E-state index contributed by atoms with van der Waals surface area (Å²) in [5.74, 6) is 1.81. The van der Waals surface area contributed by atoms with E-state index in [9.17, 15) is 0 Å². The minimum Gasteiger partial charge on any atom is -0.359 e. The number of H-pyrrole nitrogens is 1. The van der Waals surface area contributed by atoms with Crippen LogP contribution in [0.2, 0.25) is 0 Å². The van der Waals surface area contributed by atoms with Gasteiger partial charge >= 0.3 is 0 Å². The first-order chi connectivity index (χ1) is 11.7. The number of nitrogens with one attached hydrogen (secondary N) is 2. The summed E-state index contributed by atoms with van der Waals surface area (Å²) in [4.78, 5) is 13.3. The van der Waals surface area contributed by atoms with Crippen LogP contribution < -0.4 is 5.32 Å². The average Bonchev–Trinajstić information content (AvgIpc) is 3.26. The van der Waals surface area contributed by atoms with Crippen molar-refractivity contribution >= 4 is 16.9 Å². The van der Waals surface area contributed by atoms with E-state index in [0.29, 0.717) is 17.5 Å². The first-order valence-electron chi connectivity index (χ1n) is 7.32. The largest absolute Gasteiger partial charge is 0.359 e. The number of fused-ring (bicyclic) bond motifs is 1. The van der Waals surface area contributed by atoms with Crippen molar-refractivity contribution in [1.29, 1.82) is 0 Å². The predicted molar refractivity (Wildman–Crippen MR) is 85.8 cm³/mol. The highest BCUT2D eigenvalue weighted by Crippen LogP contribution is 2.26. The van der Waals surface area contributed by atoms with Gasteiger partial charge in [0.1, 0.15) is 5.82 Å². The van der Waals surface area contributed by atoms with Gasteiger partial charge in [-0.05, 0) is 19.1 Å². The predicted octanol–water partition coefficient (Wildman–Crippen LogP) is 1.11. The SMILES string of the molecule is C[C@@H](Nc1nc(-c2ccncc2)nc2c1cnn2C)c1nn[nH]n1. The highest BCUT2D eigenvalue weighted by atomic mass is 15.5. The van der Waals surface area contributed by atoms with Crippen LogP contribution in [0.1, 0.15) is 18.8 Å². The molecule has 0 unspecified atom stereocenters. The number of pyridine rings is 1. The van der Waals surface area contributed by atoms with Crippen molar-refractivity contribution in [3.8, 4) is 11.4 Å². The highest BCUT2D eigenvalue weighted by Gasteiger charge is 2.17. The third kappa shape index (κ3) is 2.43. The van der Waals surface area contributed by atoms with Crippen molar-refractivity contribution in [2.45, 2.75) is 13.0 Å². The van der Waals surface area contributed by atoms with E-state index in [1.807, 2.05) is 26.1 Å². The van der Waals surface area contributed by atoms with E-state index in [1.54, 1.807) is 23.3 Å². The normalized spacial score (nSPS) is 12.4. The third-order valence-corrected chi connectivity index (χ3v) is 3.63. The molecule has 24 heavy (non-hydrogen) atoms. The lowest BCUT2D eigenvalue weighted by Crippen LogP contribution is -2.11. The van der Waals surface area contributed by atoms with Gasteiger partial charge in [0.25, 0.3) is 0 Å². The van der Waals surface area contributed by atoms with Crippen LogP contribution in [-0.4, -0.2) is 45.4 Å². The highest BCUT2D eigenvalue weighted by molar-refractivity contribution is 5.88. The Bertz CT molecular complexity index is 960. The van der Waals surface area contributed by atoms with Crippen molar-refractivity contribution in [3.63, 3.8) is 0 Å². The van der Waals surface area contributed by atoms with Crippen LogP contribution in [0.25, 0.3) is 22.4 Å². The van der Waals surface area contributed by atoms with Gasteiger partial charge in [-0.25, -0.2) is 9.97 Å². The molecule has 0 amide bonds. The Morgan fingerprint density at radius 1 is 1.21 bits per heavy atom. The van der Waals surface area contributed by atoms with E-state index in [4.69, 9.17) is 0 Å². The Hall–Kier alpha value is -3.43.